The number of hydrogen-bond acceptors (Lipinski definition) is 5. The van der Waals surface area contributed by atoms with Crippen molar-refractivity contribution in [2.75, 3.05) is 39.0 Å². The number of aryl methyl sites for hydroxylation is 1. The predicted octanol–water partition coefficient (Wildman–Crippen LogP) is 3.76. The summed E-state index contributed by atoms with van der Waals surface area (Å²) in [5.74, 6) is 1.17. The van der Waals surface area contributed by atoms with Gasteiger partial charge in [-0.1, -0.05) is 6.42 Å². The van der Waals surface area contributed by atoms with Crippen molar-refractivity contribution >= 4 is 16.7 Å². The van der Waals surface area contributed by atoms with Gasteiger partial charge in [-0.3, -0.25) is 4.68 Å². The average molecular weight is 388 g/mol. The number of rotatable bonds is 9. The van der Waals surface area contributed by atoms with Gasteiger partial charge in [-0.15, -0.1) is 0 Å². The number of phenolic OH excluding ortho intramolecular Hbond substituents is 1. The number of phenols is 1. The van der Waals surface area contributed by atoms with Gasteiger partial charge in [0.2, 0.25) is 0 Å². The van der Waals surface area contributed by atoms with Crippen LogP contribution in [0.2, 0.25) is 0 Å². The average Bonchev–Trinajstić information content (AvgIpc) is 3.03. The Bertz CT molecular complexity index is 751. The second-order valence-electron chi connectivity index (χ2n) is 8.54. The van der Waals surface area contributed by atoms with Gasteiger partial charge in [0.1, 0.15) is 5.75 Å². The smallest absolute Gasteiger partial charge is 0.156 e. The minimum atomic E-state index is 0.290. The third kappa shape index (κ3) is 5.17. The summed E-state index contributed by atoms with van der Waals surface area (Å²) in [7, 11) is 4.22. The van der Waals surface area contributed by atoms with Crippen LogP contribution in [0.1, 0.15) is 46.0 Å². The maximum Gasteiger partial charge on any atom is 0.156 e. The number of nitrogens with one attached hydrogen (secondary N) is 1. The van der Waals surface area contributed by atoms with Crippen molar-refractivity contribution < 1.29 is 5.11 Å². The summed E-state index contributed by atoms with van der Waals surface area (Å²) in [6.45, 7) is 8.80. The van der Waals surface area contributed by atoms with E-state index in [9.17, 15) is 5.11 Å². The summed E-state index contributed by atoms with van der Waals surface area (Å²) >= 11 is 0. The molecule has 1 aliphatic heterocycles. The topological polar surface area (TPSA) is 56.6 Å². The summed E-state index contributed by atoms with van der Waals surface area (Å²) in [4.78, 5) is 4.84. The summed E-state index contributed by atoms with van der Waals surface area (Å²) in [5, 5.41) is 19.3. The number of hydrogen-bond donors (Lipinski definition) is 2. The lowest BCUT2D eigenvalue weighted by molar-refractivity contribution is 0.169. The minimum absolute atomic E-state index is 0.290. The molecule has 2 aromatic rings. The molecule has 2 atom stereocenters. The molecule has 0 saturated carbocycles. The fourth-order valence-corrected chi connectivity index (χ4v) is 3.98. The van der Waals surface area contributed by atoms with Crippen LogP contribution < -0.4 is 5.32 Å². The normalized spacial score (nSPS) is 17.9. The van der Waals surface area contributed by atoms with E-state index in [2.05, 4.69) is 47.7 Å². The Balaban J connectivity index is 1.65. The molecule has 0 bridgehead atoms. The van der Waals surface area contributed by atoms with Crippen LogP contribution >= 0.6 is 0 Å². The van der Waals surface area contributed by atoms with Gasteiger partial charge in [-0.05, 0) is 84.9 Å². The Kier molecular flexibility index (Phi) is 7.18. The van der Waals surface area contributed by atoms with Gasteiger partial charge in [-0.2, -0.15) is 5.10 Å². The van der Waals surface area contributed by atoms with E-state index in [-0.39, 0.29) is 0 Å². The van der Waals surface area contributed by atoms with Crippen LogP contribution in [-0.2, 0) is 6.54 Å². The van der Waals surface area contributed by atoms with Gasteiger partial charge >= 0.3 is 0 Å². The Morgan fingerprint density at radius 2 is 1.89 bits per heavy atom. The molecular formula is C22H37N5O. The molecule has 1 saturated heterocycles. The van der Waals surface area contributed by atoms with E-state index >= 15 is 0 Å². The number of aromatic nitrogens is 2. The molecular weight excluding hydrogens is 350 g/mol. The first-order valence-electron chi connectivity index (χ1n) is 10.8. The molecule has 2 heterocycles. The van der Waals surface area contributed by atoms with Gasteiger partial charge in [0.25, 0.3) is 0 Å². The molecule has 6 nitrogen and oxygen atoms in total. The predicted molar refractivity (Wildman–Crippen MR) is 117 cm³/mol. The first-order chi connectivity index (χ1) is 13.5. The lowest BCUT2D eigenvalue weighted by Crippen LogP contribution is -2.38. The third-order valence-corrected chi connectivity index (χ3v) is 6.24. The quantitative estimate of drug-likeness (QED) is 0.686. The van der Waals surface area contributed by atoms with Gasteiger partial charge in [0.05, 0.1) is 5.52 Å². The molecule has 1 aromatic carbocycles. The highest BCUT2D eigenvalue weighted by Gasteiger charge is 2.17. The zero-order chi connectivity index (χ0) is 20.1. The van der Waals surface area contributed by atoms with E-state index in [1.165, 1.54) is 32.4 Å². The summed E-state index contributed by atoms with van der Waals surface area (Å²) in [6, 6.07) is 6.64. The molecule has 3 rings (SSSR count). The number of piperidine rings is 1. The fraction of sp³-hybridized carbons (Fsp3) is 0.682. The zero-order valence-electron chi connectivity index (χ0n) is 18.0. The second kappa shape index (κ2) is 9.61. The largest absolute Gasteiger partial charge is 0.508 e. The molecule has 0 radical (unpaired) electrons. The van der Waals surface area contributed by atoms with Crippen LogP contribution in [0.3, 0.4) is 0 Å². The third-order valence-electron chi connectivity index (χ3n) is 6.24. The lowest BCUT2D eigenvalue weighted by atomic mass is 10.1. The first kappa shape index (κ1) is 20.9. The summed E-state index contributed by atoms with van der Waals surface area (Å²) in [5.41, 5.74) is 1.08. The maximum absolute atomic E-state index is 9.96. The Morgan fingerprint density at radius 3 is 2.61 bits per heavy atom. The van der Waals surface area contributed by atoms with Crippen molar-refractivity contribution in [3.63, 3.8) is 0 Å². The Hall–Kier alpha value is -1.79. The minimum Gasteiger partial charge on any atom is -0.508 e. The van der Waals surface area contributed by atoms with E-state index in [1.54, 1.807) is 6.07 Å². The molecule has 2 N–H and O–H groups in total. The number of likely N-dealkylation sites (tertiary alicyclic amines) is 1. The zero-order valence-corrected chi connectivity index (χ0v) is 18.0. The van der Waals surface area contributed by atoms with Crippen molar-refractivity contribution in [2.45, 2.75) is 64.6 Å². The van der Waals surface area contributed by atoms with Gasteiger partial charge in [0.15, 0.2) is 5.82 Å². The summed E-state index contributed by atoms with van der Waals surface area (Å²) < 4.78 is 2.07. The molecule has 28 heavy (non-hydrogen) atoms. The van der Waals surface area contributed by atoms with Gasteiger partial charge in [-0.25, -0.2) is 0 Å². The molecule has 6 heteroatoms. The molecule has 1 aliphatic rings. The van der Waals surface area contributed by atoms with E-state index in [0.29, 0.717) is 17.8 Å². The van der Waals surface area contributed by atoms with Crippen LogP contribution in [0.15, 0.2) is 18.2 Å². The molecule has 156 valence electrons. The highest BCUT2D eigenvalue weighted by molar-refractivity contribution is 5.91. The van der Waals surface area contributed by atoms with Crippen molar-refractivity contribution in [3.8, 4) is 5.75 Å². The Morgan fingerprint density at radius 1 is 1.14 bits per heavy atom. The highest BCUT2D eigenvalue weighted by Crippen LogP contribution is 2.27. The number of nitrogens with zero attached hydrogens (tertiary/aromatic N) is 4. The number of anilines is 1. The van der Waals surface area contributed by atoms with E-state index in [4.69, 9.17) is 5.10 Å². The van der Waals surface area contributed by atoms with Crippen LogP contribution in [0.4, 0.5) is 5.82 Å². The summed E-state index contributed by atoms with van der Waals surface area (Å²) in [6.07, 6.45) is 6.18. The van der Waals surface area contributed by atoms with E-state index in [0.717, 1.165) is 42.7 Å². The van der Waals surface area contributed by atoms with Gasteiger partial charge in [0, 0.05) is 30.6 Å². The SMILES string of the molecule is CC(CCn1nc(NCCC(C)N2CCCCC2)c2cc(O)ccc21)N(C)C. The molecule has 0 spiro atoms. The second-order valence-corrected chi connectivity index (χ2v) is 8.54. The standard InChI is InChI=1S/C22H37N5O/c1-17(25(3)4)11-15-27-21-9-8-19(28)16-20(21)22(24-27)23-12-10-18(2)26-13-6-5-7-14-26/h8-9,16-18,28H,5-7,10-15H2,1-4H3,(H,23,24). The van der Waals surface area contributed by atoms with Crippen LogP contribution in [0.25, 0.3) is 10.9 Å². The number of fused-ring (bicyclic) bond motifs is 1. The van der Waals surface area contributed by atoms with E-state index in [1.807, 2.05) is 12.1 Å². The fourth-order valence-electron chi connectivity index (χ4n) is 3.98. The van der Waals surface area contributed by atoms with Crippen LogP contribution in [0.5, 0.6) is 5.75 Å². The molecule has 1 fully saturated rings. The molecule has 0 amide bonds. The number of benzene rings is 1. The van der Waals surface area contributed by atoms with Crippen LogP contribution in [-0.4, -0.2) is 70.5 Å². The molecule has 2 unspecified atom stereocenters. The van der Waals surface area contributed by atoms with Crippen molar-refractivity contribution in [1.29, 1.82) is 0 Å². The van der Waals surface area contributed by atoms with Crippen molar-refractivity contribution in [2.24, 2.45) is 0 Å². The van der Waals surface area contributed by atoms with E-state index < -0.39 is 0 Å². The maximum atomic E-state index is 9.96. The number of aromatic hydroxyl groups is 1. The molecule has 0 aliphatic carbocycles. The van der Waals surface area contributed by atoms with Crippen molar-refractivity contribution in [3.05, 3.63) is 18.2 Å². The lowest BCUT2D eigenvalue weighted by Gasteiger charge is -2.32. The first-order valence-corrected chi connectivity index (χ1v) is 10.8. The van der Waals surface area contributed by atoms with Gasteiger partial charge < -0.3 is 20.2 Å². The highest BCUT2D eigenvalue weighted by atomic mass is 16.3. The Labute approximate surface area is 169 Å². The van der Waals surface area contributed by atoms with Crippen LogP contribution in [0, 0.1) is 0 Å². The van der Waals surface area contributed by atoms with Crippen molar-refractivity contribution in [1.82, 2.24) is 19.6 Å². The molecule has 1 aromatic heterocycles. The monoisotopic (exact) mass is 387 g/mol.